The van der Waals surface area contributed by atoms with E-state index >= 15 is 0 Å². The average molecular weight is 449 g/mol. The molecule has 3 aromatic carbocycles. The zero-order chi connectivity index (χ0) is 21.2. The van der Waals surface area contributed by atoms with Gasteiger partial charge in [0.2, 0.25) is 0 Å². The van der Waals surface area contributed by atoms with Crippen LogP contribution in [-0.4, -0.2) is 14.3 Å². The van der Waals surface area contributed by atoms with Gasteiger partial charge in [0.05, 0.1) is 21.2 Å². The number of hydrogen-bond donors (Lipinski definition) is 2. The van der Waals surface area contributed by atoms with E-state index < -0.39 is 10.0 Å². The number of benzene rings is 3. The van der Waals surface area contributed by atoms with Gasteiger partial charge in [-0.2, -0.15) is 0 Å². The second kappa shape index (κ2) is 8.45. The molecule has 150 valence electrons. The molecule has 5 nitrogen and oxygen atoms in total. The van der Waals surface area contributed by atoms with Gasteiger partial charge in [-0.15, -0.1) is 0 Å². The first kappa shape index (κ1) is 21.2. The van der Waals surface area contributed by atoms with Gasteiger partial charge < -0.3 is 5.32 Å². The van der Waals surface area contributed by atoms with Gasteiger partial charge >= 0.3 is 0 Å². The average Bonchev–Trinajstić information content (AvgIpc) is 2.64. The molecule has 0 spiro atoms. The minimum absolute atomic E-state index is 0.0646. The van der Waals surface area contributed by atoms with Crippen molar-refractivity contribution in [1.29, 1.82) is 0 Å². The van der Waals surface area contributed by atoms with Gasteiger partial charge in [0, 0.05) is 10.7 Å². The van der Waals surface area contributed by atoms with Crippen LogP contribution >= 0.6 is 23.2 Å². The molecule has 0 aromatic heterocycles. The molecule has 0 saturated heterocycles. The summed E-state index contributed by atoms with van der Waals surface area (Å²) in [6.07, 6.45) is 0. The third-order valence-corrected chi connectivity index (χ3v) is 6.19. The number of sulfonamides is 1. The standard InChI is InChI=1S/C21H18Cl2N2O3S/c1-13-3-4-14(2)20(11-13)24-21(26)18-10-7-16(12-19(18)23)25-29(27,28)17-8-5-15(22)6-9-17/h3-12,25H,1-2H3,(H,24,26). The fourth-order valence-corrected chi connectivity index (χ4v) is 4.09. The van der Waals surface area contributed by atoms with Crippen LogP contribution < -0.4 is 10.0 Å². The molecule has 0 fully saturated rings. The van der Waals surface area contributed by atoms with Crippen molar-refractivity contribution in [2.75, 3.05) is 10.0 Å². The number of aryl methyl sites for hydroxylation is 2. The molecule has 0 radical (unpaired) electrons. The van der Waals surface area contributed by atoms with Crippen molar-refractivity contribution in [1.82, 2.24) is 0 Å². The third kappa shape index (κ3) is 5.09. The van der Waals surface area contributed by atoms with Gasteiger partial charge in [-0.1, -0.05) is 35.3 Å². The maximum Gasteiger partial charge on any atom is 0.261 e. The van der Waals surface area contributed by atoms with E-state index in [4.69, 9.17) is 23.2 Å². The van der Waals surface area contributed by atoms with Crippen LogP contribution in [0.4, 0.5) is 11.4 Å². The summed E-state index contributed by atoms with van der Waals surface area (Å²) in [6, 6.07) is 15.9. The van der Waals surface area contributed by atoms with Gasteiger partial charge in [-0.3, -0.25) is 9.52 Å². The fourth-order valence-electron chi connectivity index (χ4n) is 2.65. The van der Waals surface area contributed by atoms with Crippen molar-refractivity contribution >= 4 is 50.5 Å². The molecule has 0 saturated carbocycles. The number of amides is 1. The lowest BCUT2D eigenvalue weighted by molar-refractivity contribution is 0.102. The summed E-state index contributed by atoms with van der Waals surface area (Å²) in [5.74, 6) is -0.379. The SMILES string of the molecule is Cc1ccc(C)c(NC(=O)c2ccc(NS(=O)(=O)c3ccc(Cl)cc3)cc2Cl)c1. The first-order valence-electron chi connectivity index (χ1n) is 8.62. The largest absolute Gasteiger partial charge is 0.322 e. The topological polar surface area (TPSA) is 75.3 Å². The Balaban J connectivity index is 1.80. The molecule has 0 heterocycles. The number of halogens is 2. The first-order valence-corrected chi connectivity index (χ1v) is 10.9. The number of carbonyl (C=O) groups is 1. The molecule has 1 amide bonds. The molecule has 8 heteroatoms. The van der Waals surface area contributed by atoms with E-state index in [-0.39, 0.29) is 27.1 Å². The van der Waals surface area contributed by atoms with Crippen molar-refractivity contribution in [2.24, 2.45) is 0 Å². The van der Waals surface area contributed by atoms with E-state index in [2.05, 4.69) is 10.0 Å². The minimum Gasteiger partial charge on any atom is -0.322 e. The van der Waals surface area contributed by atoms with Gasteiger partial charge in [-0.25, -0.2) is 8.42 Å². The van der Waals surface area contributed by atoms with Crippen LogP contribution in [0.15, 0.2) is 65.6 Å². The van der Waals surface area contributed by atoms with E-state index in [0.29, 0.717) is 10.7 Å². The van der Waals surface area contributed by atoms with E-state index in [1.807, 2.05) is 32.0 Å². The highest BCUT2D eigenvalue weighted by Gasteiger charge is 2.17. The van der Waals surface area contributed by atoms with Gasteiger partial charge in [0.1, 0.15) is 0 Å². The van der Waals surface area contributed by atoms with Crippen LogP contribution in [0.2, 0.25) is 10.0 Å². The third-order valence-electron chi connectivity index (χ3n) is 4.23. The molecule has 0 aliphatic heterocycles. The minimum atomic E-state index is -3.81. The summed E-state index contributed by atoms with van der Waals surface area (Å²) in [4.78, 5) is 12.7. The predicted octanol–water partition coefficient (Wildman–Crippen LogP) is 5.66. The molecular weight excluding hydrogens is 431 g/mol. The Kier molecular flexibility index (Phi) is 6.17. The molecule has 0 aliphatic rings. The Labute approximate surface area is 179 Å². The monoisotopic (exact) mass is 448 g/mol. The summed E-state index contributed by atoms with van der Waals surface area (Å²) in [7, 11) is -3.81. The number of carbonyl (C=O) groups excluding carboxylic acids is 1. The second-order valence-corrected chi connectivity index (χ2v) is 9.05. The normalized spacial score (nSPS) is 11.2. The van der Waals surface area contributed by atoms with Crippen LogP contribution in [0.3, 0.4) is 0 Å². The maximum absolute atomic E-state index is 12.6. The van der Waals surface area contributed by atoms with Crippen LogP contribution in [0.25, 0.3) is 0 Å². The zero-order valence-corrected chi connectivity index (χ0v) is 18.0. The molecule has 3 rings (SSSR count). The molecule has 0 unspecified atom stereocenters. The second-order valence-electron chi connectivity index (χ2n) is 6.53. The molecular formula is C21H18Cl2N2O3S. The lowest BCUT2D eigenvalue weighted by Gasteiger charge is -2.12. The fraction of sp³-hybridized carbons (Fsp3) is 0.0952. The van der Waals surface area contributed by atoms with Gasteiger partial charge in [0.25, 0.3) is 15.9 Å². The quantitative estimate of drug-likeness (QED) is 0.528. The Hall–Kier alpha value is -2.54. The lowest BCUT2D eigenvalue weighted by atomic mass is 10.1. The molecule has 2 N–H and O–H groups in total. The molecule has 29 heavy (non-hydrogen) atoms. The van der Waals surface area contributed by atoms with E-state index in [9.17, 15) is 13.2 Å². The van der Waals surface area contributed by atoms with Crippen molar-refractivity contribution in [2.45, 2.75) is 18.7 Å². The lowest BCUT2D eigenvalue weighted by Crippen LogP contribution is -2.15. The Morgan fingerprint density at radius 3 is 2.24 bits per heavy atom. The Morgan fingerprint density at radius 1 is 0.897 bits per heavy atom. The smallest absolute Gasteiger partial charge is 0.261 e. The first-order chi connectivity index (χ1) is 13.7. The van der Waals surface area contributed by atoms with Crippen molar-refractivity contribution in [3.63, 3.8) is 0 Å². The Morgan fingerprint density at radius 2 is 1.59 bits per heavy atom. The van der Waals surface area contributed by atoms with Crippen LogP contribution in [-0.2, 0) is 10.0 Å². The van der Waals surface area contributed by atoms with Crippen molar-refractivity contribution in [3.8, 4) is 0 Å². The van der Waals surface area contributed by atoms with Crippen LogP contribution in [0.5, 0.6) is 0 Å². The van der Waals surface area contributed by atoms with Crippen LogP contribution in [0, 0.1) is 13.8 Å². The highest BCUT2D eigenvalue weighted by atomic mass is 35.5. The highest BCUT2D eigenvalue weighted by Crippen LogP contribution is 2.25. The zero-order valence-electron chi connectivity index (χ0n) is 15.7. The Bertz CT molecular complexity index is 1180. The van der Waals surface area contributed by atoms with Crippen molar-refractivity contribution in [3.05, 3.63) is 87.4 Å². The maximum atomic E-state index is 12.6. The van der Waals surface area contributed by atoms with E-state index in [1.54, 1.807) is 0 Å². The summed E-state index contributed by atoms with van der Waals surface area (Å²) < 4.78 is 27.4. The van der Waals surface area contributed by atoms with Crippen LogP contribution in [0.1, 0.15) is 21.5 Å². The number of hydrogen-bond acceptors (Lipinski definition) is 3. The highest BCUT2D eigenvalue weighted by molar-refractivity contribution is 7.92. The summed E-state index contributed by atoms with van der Waals surface area (Å²) in [6.45, 7) is 3.83. The molecule has 0 atom stereocenters. The number of anilines is 2. The summed E-state index contributed by atoms with van der Waals surface area (Å²) in [5.41, 5.74) is 3.12. The van der Waals surface area contributed by atoms with E-state index in [0.717, 1.165) is 11.1 Å². The van der Waals surface area contributed by atoms with E-state index in [1.165, 1.54) is 42.5 Å². The molecule has 0 bridgehead atoms. The predicted molar refractivity (Wildman–Crippen MR) is 118 cm³/mol. The molecule has 0 aliphatic carbocycles. The summed E-state index contributed by atoms with van der Waals surface area (Å²) >= 11 is 12.0. The summed E-state index contributed by atoms with van der Waals surface area (Å²) in [5, 5.41) is 3.40. The van der Waals surface area contributed by atoms with Gasteiger partial charge in [-0.05, 0) is 73.5 Å². The molecule has 3 aromatic rings. The van der Waals surface area contributed by atoms with Crippen molar-refractivity contribution < 1.29 is 13.2 Å². The number of rotatable bonds is 5. The number of nitrogens with one attached hydrogen (secondary N) is 2. The van der Waals surface area contributed by atoms with Gasteiger partial charge in [0.15, 0.2) is 0 Å².